The highest BCUT2D eigenvalue weighted by Crippen LogP contribution is 2.31. The summed E-state index contributed by atoms with van der Waals surface area (Å²) >= 11 is 0. The summed E-state index contributed by atoms with van der Waals surface area (Å²) < 4.78 is 59.5. The highest BCUT2D eigenvalue weighted by atomic mass is 19.3. The number of nitrogens with zero attached hydrogens (tertiary/aromatic N) is 2. The first-order chi connectivity index (χ1) is 13.2. The van der Waals surface area contributed by atoms with E-state index in [0.717, 1.165) is 23.0 Å². The van der Waals surface area contributed by atoms with Gasteiger partial charge in [0.2, 0.25) is 0 Å². The Kier molecular flexibility index (Phi) is 5.34. The van der Waals surface area contributed by atoms with Gasteiger partial charge in [0.25, 0.3) is 6.43 Å². The molecule has 1 heterocycles. The van der Waals surface area contributed by atoms with Gasteiger partial charge in [-0.15, -0.1) is 0 Å². The van der Waals surface area contributed by atoms with E-state index in [2.05, 4.69) is 10.4 Å². The predicted molar refractivity (Wildman–Crippen MR) is 94.3 cm³/mol. The third-order valence-electron chi connectivity index (χ3n) is 3.93. The van der Waals surface area contributed by atoms with Gasteiger partial charge in [0.1, 0.15) is 11.6 Å². The molecule has 9 heteroatoms. The number of benzene rings is 2. The Hall–Kier alpha value is -3.36. The summed E-state index contributed by atoms with van der Waals surface area (Å²) in [5.41, 5.74) is 0.378. The fraction of sp³-hybridized carbons (Fsp3) is 0.158. The molecule has 0 bridgehead atoms. The van der Waals surface area contributed by atoms with Crippen molar-refractivity contribution in [3.8, 4) is 16.9 Å². The summed E-state index contributed by atoms with van der Waals surface area (Å²) in [6, 6.07) is 7.77. The van der Waals surface area contributed by atoms with Gasteiger partial charge in [-0.3, -0.25) is 10.00 Å². The molecule has 0 fully saturated rings. The van der Waals surface area contributed by atoms with Crippen LogP contribution in [0.15, 0.2) is 42.6 Å². The molecule has 1 aromatic heterocycles. The molecule has 3 rings (SSSR count). The van der Waals surface area contributed by atoms with Gasteiger partial charge >= 0.3 is 6.09 Å². The van der Waals surface area contributed by atoms with E-state index in [4.69, 9.17) is 4.74 Å². The number of anilines is 1. The van der Waals surface area contributed by atoms with Crippen LogP contribution in [0.5, 0.6) is 5.75 Å². The molecule has 0 saturated carbocycles. The van der Waals surface area contributed by atoms with Crippen molar-refractivity contribution >= 4 is 11.8 Å². The summed E-state index contributed by atoms with van der Waals surface area (Å²) in [7, 11) is 1.40. The van der Waals surface area contributed by atoms with Crippen LogP contribution in [0.25, 0.3) is 11.1 Å². The maximum atomic E-state index is 13.9. The van der Waals surface area contributed by atoms with E-state index < -0.39 is 35.6 Å². The van der Waals surface area contributed by atoms with E-state index in [0.29, 0.717) is 11.1 Å². The summed E-state index contributed by atoms with van der Waals surface area (Å²) in [5.74, 6) is -1.49. The first kappa shape index (κ1) is 19.4. The quantitative estimate of drug-likeness (QED) is 0.618. The van der Waals surface area contributed by atoms with Crippen LogP contribution in [0, 0.1) is 18.6 Å². The lowest BCUT2D eigenvalue weighted by atomic mass is 10.0. The standard InChI is InChI=1S/C19H15F4N3O2/c1-10-3-4-11(7-14(10)21)13-8-12(20)5-6-15(13)24-19(27)28-16-9-26(2)25-17(16)18(22)23/h3-9,18H,1-2H3,(H,24,27). The fourth-order valence-electron chi connectivity index (χ4n) is 2.57. The molecule has 0 saturated heterocycles. The summed E-state index contributed by atoms with van der Waals surface area (Å²) in [6.45, 7) is 1.58. The van der Waals surface area contributed by atoms with E-state index in [1.807, 2.05) is 0 Å². The van der Waals surface area contributed by atoms with Crippen molar-refractivity contribution in [2.24, 2.45) is 7.05 Å². The number of alkyl halides is 2. The molecule has 0 aliphatic carbocycles. The molecule has 1 amide bonds. The van der Waals surface area contributed by atoms with E-state index >= 15 is 0 Å². The van der Waals surface area contributed by atoms with Gasteiger partial charge in [0.05, 0.1) is 11.9 Å². The van der Waals surface area contributed by atoms with E-state index in [9.17, 15) is 22.4 Å². The maximum absolute atomic E-state index is 13.9. The zero-order valence-electron chi connectivity index (χ0n) is 14.8. The van der Waals surface area contributed by atoms with Crippen LogP contribution < -0.4 is 10.1 Å². The topological polar surface area (TPSA) is 56.1 Å². The van der Waals surface area contributed by atoms with Crippen LogP contribution in [0.2, 0.25) is 0 Å². The molecule has 28 heavy (non-hydrogen) atoms. The molecule has 1 N–H and O–H groups in total. The monoisotopic (exact) mass is 393 g/mol. The van der Waals surface area contributed by atoms with Crippen LogP contribution in [0.3, 0.4) is 0 Å². The molecule has 0 spiro atoms. The molecule has 146 valence electrons. The molecule has 0 radical (unpaired) electrons. The van der Waals surface area contributed by atoms with Gasteiger partial charge < -0.3 is 4.74 Å². The van der Waals surface area contributed by atoms with Crippen molar-refractivity contribution in [1.82, 2.24) is 9.78 Å². The lowest BCUT2D eigenvalue weighted by Crippen LogP contribution is -2.18. The molecule has 5 nitrogen and oxygen atoms in total. The van der Waals surface area contributed by atoms with E-state index in [-0.39, 0.29) is 11.3 Å². The molecular formula is C19H15F4N3O2. The SMILES string of the molecule is Cc1ccc(-c2cc(F)ccc2NC(=O)Oc2cn(C)nc2C(F)F)cc1F. The molecule has 3 aromatic rings. The van der Waals surface area contributed by atoms with Gasteiger partial charge in [-0.25, -0.2) is 22.4 Å². The molecule has 0 atom stereocenters. The van der Waals surface area contributed by atoms with Crippen molar-refractivity contribution in [3.63, 3.8) is 0 Å². The fourth-order valence-corrected chi connectivity index (χ4v) is 2.57. The first-order valence-corrected chi connectivity index (χ1v) is 8.11. The Morgan fingerprint density at radius 2 is 1.93 bits per heavy atom. The number of aromatic nitrogens is 2. The zero-order valence-corrected chi connectivity index (χ0v) is 14.8. The number of rotatable bonds is 4. The number of hydrogen-bond donors (Lipinski definition) is 1. The number of nitrogens with one attached hydrogen (secondary N) is 1. The number of aryl methyl sites for hydroxylation is 2. The average Bonchev–Trinajstić information content (AvgIpc) is 2.99. The summed E-state index contributed by atoms with van der Waals surface area (Å²) in [4.78, 5) is 12.2. The Morgan fingerprint density at radius 1 is 1.18 bits per heavy atom. The van der Waals surface area contributed by atoms with Crippen molar-refractivity contribution in [2.75, 3.05) is 5.32 Å². The van der Waals surface area contributed by atoms with Crippen LogP contribution >= 0.6 is 0 Å². The zero-order chi connectivity index (χ0) is 20.4. The number of amides is 1. The minimum atomic E-state index is -2.93. The molecule has 2 aromatic carbocycles. The number of halogens is 4. The lowest BCUT2D eigenvalue weighted by molar-refractivity contribution is 0.141. The molecule has 0 unspecified atom stereocenters. The first-order valence-electron chi connectivity index (χ1n) is 8.11. The predicted octanol–water partition coefficient (Wildman–Crippen LogP) is 5.22. The second-order valence-electron chi connectivity index (χ2n) is 6.02. The molecular weight excluding hydrogens is 378 g/mol. The smallest absolute Gasteiger partial charge is 0.406 e. The molecule has 0 aliphatic rings. The van der Waals surface area contributed by atoms with Crippen LogP contribution in [-0.2, 0) is 7.05 Å². The second-order valence-corrected chi connectivity index (χ2v) is 6.02. The van der Waals surface area contributed by atoms with Crippen molar-refractivity contribution < 1.29 is 27.1 Å². The summed E-state index contributed by atoms with van der Waals surface area (Å²) in [6.07, 6.45) is -2.88. The Labute approximate surface area is 157 Å². The van der Waals surface area contributed by atoms with Gasteiger partial charge in [0.15, 0.2) is 11.4 Å². The highest BCUT2D eigenvalue weighted by molar-refractivity contribution is 5.92. The molecule has 0 aliphatic heterocycles. The highest BCUT2D eigenvalue weighted by Gasteiger charge is 2.21. The van der Waals surface area contributed by atoms with Crippen LogP contribution in [0.1, 0.15) is 17.7 Å². The normalized spacial score (nSPS) is 11.0. The second kappa shape index (κ2) is 7.71. The van der Waals surface area contributed by atoms with Gasteiger partial charge in [-0.05, 0) is 42.3 Å². The van der Waals surface area contributed by atoms with Crippen molar-refractivity contribution in [1.29, 1.82) is 0 Å². The number of carbonyl (C=O) groups is 1. The minimum absolute atomic E-state index is 0.122. The van der Waals surface area contributed by atoms with Gasteiger partial charge in [0, 0.05) is 12.6 Å². The van der Waals surface area contributed by atoms with Crippen LogP contribution in [-0.4, -0.2) is 15.9 Å². The third kappa shape index (κ3) is 4.13. The minimum Gasteiger partial charge on any atom is -0.406 e. The summed E-state index contributed by atoms with van der Waals surface area (Å²) in [5, 5.41) is 5.90. The van der Waals surface area contributed by atoms with Gasteiger partial charge in [-0.1, -0.05) is 12.1 Å². The number of hydrogen-bond acceptors (Lipinski definition) is 3. The lowest BCUT2D eigenvalue weighted by Gasteiger charge is -2.12. The Balaban J connectivity index is 1.88. The van der Waals surface area contributed by atoms with E-state index in [1.165, 1.54) is 25.2 Å². The van der Waals surface area contributed by atoms with Crippen molar-refractivity contribution in [2.45, 2.75) is 13.3 Å². The van der Waals surface area contributed by atoms with Gasteiger partial charge in [-0.2, -0.15) is 5.10 Å². The number of carbonyl (C=O) groups excluding carboxylic acids is 1. The van der Waals surface area contributed by atoms with Crippen LogP contribution in [0.4, 0.5) is 28.0 Å². The largest absolute Gasteiger partial charge is 0.417 e. The maximum Gasteiger partial charge on any atom is 0.417 e. The average molecular weight is 393 g/mol. The van der Waals surface area contributed by atoms with Crippen molar-refractivity contribution in [3.05, 3.63) is 65.5 Å². The number of ether oxygens (including phenoxy) is 1. The Bertz CT molecular complexity index is 1030. The third-order valence-corrected chi connectivity index (χ3v) is 3.93. The van der Waals surface area contributed by atoms with E-state index in [1.54, 1.807) is 13.0 Å². The Morgan fingerprint density at radius 3 is 2.61 bits per heavy atom.